The minimum Gasteiger partial charge on any atom is -0.383 e. The van der Waals surface area contributed by atoms with Crippen molar-refractivity contribution in [3.05, 3.63) is 29.8 Å². The minimum absolute atomic E-state index is 0.448. The minimum atomic E-state index is 0.448. The Kier molecular flexibility index (Phi) is 5.82. The Morgan fingerprint density at radius 2 is 2.05 bits per heavy atom. The molecule has 1 heterocycles. The lowest BCUT2D eigenvalue weighted by atomic mass is 10.1. The van der Waals surface area contributed by atoms with Crippen molar-refractivity contribution in [3.63, 3.8) is 0 Å². The van der Waals surface area contributed by atoms with Crippen LogP contribution in [0.2, 0.25) is 0 Å². The largest absolute Gasteiger partial charge is 0.383 e. The van der Waals surface area contributed by atoms with Crippen LogP contribution < -0.4 is 10.2 Å². The van der Waals surface area contributed by atoms with E-state index in [1.807, 2.05) is 0 Å². The SMILES string of the molecule is COCCNC(=S)N1CCN(c2ccc(C)cc2)C(C)C1. The van der Waals surface area contributed by atoms with E-state index in [-0.39, 0.29) is 0 Å². The number of hydrogen-bond donors (Lipinski definition) is 1. The molecule has 4 nitrogen and oxygen atoms in total. The zero-order chi connectivity index (χ0) is 15.2. The second-order valence-electron chi connectivity index (χ2n) is 5.55. The Labute approximate surface area is 133 Å². The summed E-state index contributed by atoms with van der Waals surface area (Å²) < 4.78 is 5.04. The number of ether oxygens (including phenoxy) is 1. The maximum absolute atomic E-state index is 5.45. The maximum Gasteiger partial charge on any atom is 0.169 e. The van der Waals surface area contributed by atoms with E-state index in [4.69, 9.17) is 17.0 Å². The fourth-order valence-corrected chi connectivity index (χ4v) is 2.90. The van der Waals surface area contributed by atoms with Crippen LogP contribution in [0.25, 0.3) is 0 Å². The molecule has 5 heteroatoms. The van der Waals surface area contributed by atoms with Gasteiger partial charge in [0.25, 0.3) is 0 Å². The van der Waals surface area contributed by atoms with Crippen LogP contribution in [0.1, 0.15) is 12.5 Å². The van der Waals surface area contributed by atoms with Crippen LogP contribution in [0.4, 0.5) is 5.69 Å². The number of thiocarbonyl (C=S) groups is 1. The highest BCUT2D eigenvalue weighted by atomic mass is 32.1. The third kappa shape index (κ3) is 4.32. The van der Waals surface area contributed by atoms with E-state index in [1.54, 1.807) is 7.11 Å². The van der Waals surface area contributed by atoms with E-state index < -0.39 is 0 Å². The van der Waals surface area contributed by atoms with Gasteiger partial charge in [0.15, 0.2) is 5.11 Å². The molecule has 1 unspecified atom stereocenters. The summed E-state index contributed by atoms with van der Waals surface area (Å²) in [6, 6.07) is 9.20. The number of nitrogens with one attached hydrogen (secondary N) is 1. The van der Waals surface area contributed by atoms with Gasteiger partial charge in [0.2, 0.25) is 0 Å². The highest BCUT2D eigenvalue weighted by Crippen LogP contribution is 2.21. The Balaban J connectivity index is 1.89. The van der Waals surface area contributed by atoms with Gasteiger partial charge < -0.3 is 19.9 Å². The highest BCUT2D eigenvalue weighted by Gasteiger charge is 2.25. The lowest BCUT2D eigenvalue weighted by molar-refractivity contribution is 0.202. The monoisotopic (exact) mass is 307 g/mol. The fraction of sp³-hybridized carbons (Fsp3) is 0.562. The molecule has 1 N–H and O–H groups in total. The smallest absolute Gasteiger partial charge is 0.169 e. The topological polar surface area (TPSA) is 27.7 Å². The third-order valence-electron chi connectivity index (χ3n) is 3.86. The summed E-state index contributed by atoms with van der Waals surface area (Å²) in [4.78, 5) is 4.70. The van der Waals surface area contributed by atoms with Crippen molar-refractivity contribution in [3.8, 4) is 0 Å². The predicted molar refractivity (Wildman–Crippen MR) is 92.0 cm³/mol. The average molecular weight is 307 g/mol. The molecule has 0 aromatic heterocycles. The molecule has 1 aliphatic heterocycles. The number of piperazine rings is 1. The van der Waals surface area contributed by atoms with Gasteiger partial charge in [-0.2, -0.15) is 0 Å². The van der Waals surface area contributed by atoms with Gasteiger partial charge in [-0.05, 0) is 38.2 Å². The number of aryl methyl sites for hydroxylation is 1. The van der Waals surface area contributed by atoms with Crippen molar-refractivity contribution >= 4 is 23.0 Å². The van der Waals surface area contributed by atoms with Gasteiger partial charge >= 0.3 is 0 Å². The first-order valence-electron chi connectivity index (χ1n) is 7.47. The molecule has 2 rings (SSSR count). The van der Waals surface area contributed by atoms with Gasteiger partial charge in [0.05, 0.1) is 6.61 Å². The first-order valence-corrected chi connectivity index (χ1v) is 7.87. The quantitative estimate of drug-likeness (QED) is 0.679. The highest BCUT2D eigenvalue weighted by molar-refractivity contribution is 7.80. The zero-order valence-electron chi connectivity index (χ0n) is 13.1. The molecule has 0 amide bonds. The molecule has 0 aliphatic carbocycles. The van der Waals surface area contributed by atoms with Gasteiger partial charge in [-0.25, -0.2) is 0 Å². The van der Waals surface area contributed by atoms with Crippen LogP contribution >= 0.6 is 12.2 Å². The van der Waals surface area contributed by atoms with E-state index in [1.165, 1.54) is 11.3 Å². The first-order chi connectivity index (χ1) is 10.1. The molecule has 1 aliphatic rings. The molecular formula is C16H25N3OS. The number of rotatable bonds is 4. The number of benzene rings is 1. The second kappa shape index (κ2) is 7.61. The summed E-state index contributed by atoms with van der Waals surface area (Å²) in [6.45, 7) is 8.72. The number of hydrogen-bond acceptors (Lipinski definition) is 3. The molecule has 1 fully saturated rings. The molecule has 1 atom stereocenters. The first kappa shape index (κ1) is 16.0. The Bertz CT molecular complexity index is 463. The normalized spacial score (nSPS) is 18.7. The van der Waals surface area contributed by atoms with Crippen molar-refractivity contribution in [1.29, 1.82) is 0 Å². The zero-order valence-corrected chi connectivity index (χ0v) is 13.9. The Morgan fingerprint density at radius 1 is 1.33 bits per heavy atom. The second-order valence-corrected chi connectivity index (χ2v) is 5.94. The summed E-state index contributed by atoms with van der Waals surface area (Å²) in [5.74, 6) is 0. The Morgan fingerprint density at radius 3 is 2.67 bits per heavy atom. The van der Waals surface area contributed by atoms with Crippen LogP contribution in [0.3, 0.4) is 0 Å². The van der Waals surface area contributed by atoms with Crippen LogP contribution in [-0.2, 0) is 4.74 Å². The molecule has 0 spiro atoms. The maximum atomic E-state index is 5.45. The lowest BCUT2D eigenvalue weighted by Crippen LogP contribution is -2.56. The molecular weight excluding hydrogens is 282 g/mol. The van der Waals surface area contributed by atoms with Crippen molar-refractivity contribution in [2.24, 2.45) is 0 Å². The number of nitrogens with zero attached hydrogens (tertiary/aromatic N) is 2. The molecule has 1 aromatic carbocycles. The van der Waals surface area contributed by atoms with Gasteiger partial charge in [-0.15, -0.1) is 0 Å². The standard InChI is InChI=1S/C16H25N3OS/c1-13-4-6-15(7-5-13)19-10-9-18(12-14(19)2)16(21)17-8-11-20-3/h4-7,14H,8-12H2,1-3H3,(H,17,21). The molecule has 116 valence electrons. The summed E-state index contributed by atoms with van der Waals surface area (Å²) in [5.41, 5.74) is 2.60. The van der Waals surface area contributed by atoms with Crippen LogP contribution in [0, 0.1) is 6.92 Å². The summed E-state index contributed by atoms with van der Waals surface area (Å²) in [6.07, 6.45) is 0. The van der Waals surface area contributed by atoms with Gasteiger partial charge in [0, 0.05) is 45.0 Å². The summed E-state index contributed by atoms with van der Waals surface area (Å²) >= 11 is 5.45. The van der Waals surface area contributed by atoms with Crippen LogP contribution in [0.15, 0.2) is 24.3 Å². The number of methoxy groups -OCH3 is 1. The molecule has 1 saturated heterocycles. The predicted octanol–water partition coefficient (Wildman–Crippen LogP) is 2.03. The van der Waals surface area contributed by atoms with E-state index in [9.17, 15) is 0 Å². The van der Waals surface area contributed by atoms with Crippen molar-refractivity contribution < 1.29 is 4.74 Å². The van der Waals surface area contributed by atoms with Crippen molar-refractivity contribution in [1.82, 2.24) is 10.2 Å². The molecule has 0 saturated carbocycles. The van der Waals surface area contributed by atoms with E-state index >= 15 is 0 Å². The van der Waals surface area contributed by atoms with Crippen molar-refractivity contribution in [2.75, 3.05) is 44.8 Å². The van der Waals surface area contributed by atoms with Crippen LogP contribution in [-0.4, -0.2) is 55.9 Å². The van der Waals surface area contributed by atoms with E-state index in [0.29, 0.717) is 12.6 Å². The molecule has 0 bridgehead atoms. The van der Waals surface area contributed by atoms with E-state index in [0.717, 1.165) is 31.3 Å². The molecule has 1 aromatic rings. The molecule has 0 radical (unpaired) electrons. The molecule has 21 heavy (non-hydrogen) atoms. The van der Waals surface area contributed by atoms with Gasteiger partial charge in [0.1, 0.15) is 0 Å². The average Bonchev–Trinajstić information content (AvgIpc) is 2.48. The van der Waals surface area contributed by atoms with Crippen LogP contribution in [0.5, 0.6) is 0 Å². The summed E-state index contributed by atoms with van der Waals surface area (Å²) in [7, 11) is 1.70. The Hall–Kier alpha value is -1.33. The van der Waals surface area contributed by atoms with E-state index in [2.05, 4.69) is 53.2 Å². The lowest BCUT2D eigenvalue weighted by Gasteiger charge is -2.42. The fourth-order valence-electron chi connectivity index (χ4n) is 2.63. The van der Waals surface area contributed by atoms with Gasteiger partial charge in [-0.1, -0.05) is 17.7 Å². The summed E-state index contributed by atoms with van der Waals surface area (Å²) in [5, 5.41) is 4.09. The third-order valence-corrected chi connectivity index (χ3v) is 4.27. The number of anilines is 1. The van der Waals surface area contributed by atoms with Gasteiger partial charge in [-0.3, -0.25) is 0 Å². The van der Waals surface area contributed by atoms with Crippen molar-refractivity contribution in [2.45, 2.75) is 19.9 Å².